The number of ether oxygens (including phenoxy) is 1. The molecule has 65 valence electrons. The van der Waals surface area contributed by atoms with Crippen LogP contribution in [0.2, 0.25) is 0 Å². The van der Waals surface area contributed by atoms with E-state index in [2.05, 4.69) is 25.0 Å². The van der Waals surface area contributed by atoms with E-state index in [1.54, 1.807) is 7.11 Å². The van der Waals surface area contributed by atoms with Crippen molar-refractivity contribution in [1.29, 1.82) is 0 Å². The van der Waals surface area contributed by atoms with Gasteiger partial charge in [0, 0.05) is 5.92 Å². The van der Waals surface area contributed by atoms with Gasteiger partial charge in [-0.1, -0.05) is 12.1 Å². The Hall–Kier alpha value is -0.980. The van der Waals surface area contributed by atoms with E-state index in [4.69, 9.17) is 4.74 Å². The van der Waals surface area contributed by atoms with Gasteiger partial charge in [0.2, 0.25) is 0 Å². The molecule has 1 aromatic carbocycles. The highest BCUT2D eigenvalue weighted by Crippen LogP contribution is 2.30. The van der Waals surface area contributed by atoms with Crippen molar-refractivity contribution in [2.45, 2.75) is 0 Å². The highest BCUT2D eigenvalue weighted by molar-refractivity contribution is 5.50. The van der Waals surface area contributed by atoms with E-state index in [9.17, 15) is 0 Å². The van der Waals surface area contributed by atoms with Gasteiger partial charge in [0.15, 0.2) is 0 Å². The molecule has 0 amide bonds. The van der Waals surface area contributed by atoms with Crippen molar-refractivity contribution < 1.29 is 4.74 Å². The minimum Gasteiger partial charge on any atom is -0.497 e. The number of rotatable bonds is 2. The smallest absolute Gasteiger partial charge is 0.118 e. The molecule has 1 aromatic rings. The van der Waals surface area contributed by atoms with E-state index in [1.165, 1.54) is 11.5 Å². The number of methoxy groups -OCH3 is 1. The maximum absolute atomic E-state index is 5.09. The molecule has 0 aromatic heterocycles. The Morgan fingerprint density at radius 3 is 2.08 bits per heavy atom. The Balaban J connectivity index is 2.12. The Bertz CT molecular complexity index is 257. The normalized spacial score (nSPS) is 17.6. The zero-order valence-corrected chi connectivity index (χ0v) is 7.53. The first-order valence-electron chi connectivity index (χ1n) is 4.26. The zero-order chi connectivity index (χ0) is 9.10. The molecule has 2 rings (SSSR count). The van der Waals surface area contributed by atoms with E-state index >= 15 is 0 Å². The van der Waals surface area contributed by atoms with Gasteiger partial charge in [-0.05, 0) is 43.4 Å². The predicted molar refractivity (Wildman–Crippen MR) is 52.5 cm³/mol. The van der Waals surface area contributed by atoms with E-state index < -0.39 is 0 Å². The van der Waals surface area contributed by atoms with Crippen LogP contribution in [0.15, 0.2) is 24.3 Å². The van der Waals surface area contributed by atoms with E-state index in [-0.39, 0.29) is 0 Å². The largest absolute Gasteiger partial charge is 0.497 e. The summed E-state index contributed by atoms with van der Waals surface area (Å²) in [5.74, 6) is 2.15. The SMILES string of the molecule is COc1ccc([C]2[CH][CH][CH][CH]2)cc1. The van der Waals surface area contributed by atoms with Crippen molar-refractivity contribution in [2.75, 3.05) is 7.11 Å². The summed E-state index contributed by atoms with van der Waals surface area (Å²) in [6.45, 7) is 0. The second-order valence-corrected chi connectivity index (χ2v) is 2.90. The fourth-order valence-electron chi connectivity index (χ4n) is 1.35. The summed E-state index contributed by atoms with van der Waals surface area (Å²) in [6.07, 6.45) is 8.28. The van der Waals surface area contributed by atoms with Crippen molar-refractivity contribution >= 4 is 0 Å². The maximum atomic E-state index is 5.09. The van der Waals surface area contributed by atoms with Crippen molar-refractivity contribution in [3.63, 3.8) is 0 Å². The third-order valence-electron chi connectivity index (χ3n) is 2.09. The van der Waals surface area contributed by atoms with Gasteiger partial charge in [0.1, 0.15) is 5.75 Å². The molecule has 0 saturated heterocycles. The van der Waals surface area contributed by atoms with Crippen molar-refractivity contribution in [3.05, 3.63) is 61.4 Å². The van der Waals surface area contributed by atoms with Crippen LogP contribution < -0.4 is 4.74 Å². The van der Waals surface area contributed by atoms with Gasteiger partial charge in [0.25, 0.3) is 0 Å². The average Bonchev–Trinajstić information content (AvgIpc) is 2.71. The predicted octanol–water partition coefficient (Wildman–Crippen LogP) is 2.45. The van der Waals surface area contributed by atoms with Crippen molar-refractivity contribution in [3.8, 4) is 5.75 Å². The standard InChI is InChI=1S/C12H11O/c1-13-12-8-6-11(7-9-12)10-4-2-3-5-10/h2-9H,1H3. The number of benzene rings is 1. The van der Waals surface area contributed by atoms with Gasteiger partial charge in [-0.2, -0.15) is 0 Å². The molecule has 1 saturated carbocycles. The van der Waals surface area contributed by atoms with Gasteiger partial charge in [0.05, 0.1) is 7.11 Å². The van der Waals surface area contributed by atoms with Crippen LogP contribution in [0.5, 0.6) is 5.75 Å². The molecule has 1 heteroatoms. The van der Waals surface area contributed by atoms with Crippen molar-refractivity contribution in [1.82, 2.24) is 0 Å². The monoisotopic (exact) mass is 171 g/mol. The van der Waals surface area contributed by atoms with Gasteiger partial charge >= 0.3 is 0 Å². The van der Waals surface area contributed by atoms with E-state index in [0.717, 1.165) is 5.75 Å². The molecule has 0 spiro atoms. The molecule has 0 atom stereocenters. The summed E-state index contributed by atoms with van der Waals surface area (Å²) >= 11 is 0. The molecule has 1 fully saturated rings. The molecule has 1 nitrogen and oxygen atoms in total. The summed E-state index contributed by atoms with van der Waals surface area (Å²) in [5.41, 5.74) is 1.23. The van der Waals surface area contributed by atoms with Crippen LogP contribution in [0.25, 0.3) is 0 Å². The molecule has 1 aliphatic rings. The lowest BCUT2D eigenvalue weighted by molar-refractivity contribution is 0.414. The van der Waals surface area contributed by atoms with Gasteiger partial charge in [-0.25, -0.2) is 0 Å². The molecule has 0 N–H and O–H groups in total. The number of hydrogen-bond acceptors (Lipinski definition) is 1. The van der Waals surface area contributed by atoms with Crippen LogP contribution in [0.1, 0.15) is 5.56 Å². The van der Waals surface area contributed by atoms with Crippen LogP contribution in [-0.2, 0) is 0 Å². The highest BCUT2D eigenvalue weighted by atomic mass is 16.5. The maximum Gasteiger partial charge on any atom is 0.118 e. The van der Waals surface area contributed by atoms with E-state index in [0.29, 0.717) is 0 Å². The Labute approximate surface area is 79.7 Å². The molecule has 5 radical (unpaired) electrons. The molecular formula is C12H11O. The summed E-state index contributed by atoms with van der Waals surface area (Å²) in [6, 6.07) is 8.08. The molecule has 0 aliphatic heterocycles. The Morgan fingerprint density at radius 1 is 0.923 bits per heavy atom. The quantitative estimate of drug-likeness (QED) is 0.664. The second kappa shape index (κ2) is 3.82. The van der Waals surface area contributed by atoms with Crippen LogP contribution in [0.3, 0.4) is 0 Å². The Kier molecular flexibility index (Phi) is 2.53. The van der Waals surface area contributed by atoms with Gasteiger partial charge in [-0.15, -0.1) is 0 Å². The minimum absolute atomic E-state index is 0.898. The average molecular weight is 171 g/mol. The summed E-state index contributed by atoms with van der Waals surface area (Å²) in [5, 5.41) is 0. The first-order valence-corrected chi connectivity index (χ1v) is 4.26. The summed E-state index contributed by atoms with van der Waals surface area (Å²) in [4.78, 5) is 0. The highest BCUT2D eigenvalue weighted by Gasteiger charge is 2.18. The molecule has 0 unspecified atom stereocenters. The number of hydrogen-bond donors (Lipinski definition) is 0. The zero-order valence-electron chi connectivity index (χ0n) is 7.53. The third kappa shape index (κ3) is 1.85. The van der Waals surface area contributed by atoms with E-state index in [1.807, 2.05) is 25.0 Å². The molecular weight excluding hydrogens is 160 g/mol. The molecule has 0 heterocycles. The lowest BCUT2D eigenvalue weighted by Crippen LogP contribution is -1.94. The fraction of sp³-hybridized carbons (Fsp3) is 0.0833. The lowest BCUT2D eigenvalue weighted by atomic mass is 9.98. The topological polar surface area (TPSA) is 9.23 Å². The third-order valence-corrected chi connectivity index (χ3v) is 2.09. The lowest BCUT2D eigenvalue weighted by Gasteiger charge is -2.08. The molecule has 0 bridgehead atoms. The van der Waals surface area contributed by atoms with Gasteiger partial charge in [-0.3, -0.25) is 0 Å². The van der Waals surface area contributed by atoms with Crippen LogP contribution >= 0.6 is 0 Å². The van der Waals surface area contributed by atoms with Crippen molar-refractivity contribution in [2.24, 2.45) is 0 Å². The first kappa shape index (κ1) is 8.61. The van der Waals surface area contributed by atoms with Crippen LogP contribution in [0.4, 0.5) is 0 Å². The minimum atomic E-state index is 0.898. The van der Waals surface area contributed by atoms with Crippen LogP contribution in [0, 0.1) is 31.6 Å². The first-order chi connectivity index (χ1) is 6.40. The summed E-state index contributed by atoms with van der Waals surface area (Å²) < 4.78 is 5.09. The van der Waals surface area contributed by atoms with Crippen LogP contribution in [-0.4, -0.2) is 7.11 Å². The van der Waals surface area contributed by atoms with Gasteiger partial charge < -0.3 is 4.74 Å². The molecule has 1 aliphatic carbocycles. The molecule has 13 heavy (non-hydrogen) atoms. The fourth-order valence-corrected chi connectivity index (χ4v) is 1.35. The second-order valence-electron chi connectivity index (χ2n) is 2.90. The Morgan fingerprint density at radius 2 is 1.54 bits per heavy atom. The summed E-state index contributed by atoms with van der Waals surface area (Å²) in [7, 11) is 1.68.